The average Bonchev–Trinajstić information content (AvgIpc) is 2.74. The van der Waals surface area contributed by atoms with Crippen LogP contribution in [0.15, 0.2) is 78.9 Å². The third kappa shape index (κ3) is 6.44. The summed E-state index contributed by atoms with van der Waals surface area (Å²) in [5.41, 5.74) is 3.19. The Morgan fingerprint density at radius 3 is 2.13 bits per heavy atom. The monoisotopic (exact) mass is 413 g/mol. The second-order valence-corrected chi connectivity index (χ2v) is 7.63. The molecule has 0 heterocycles. The van der Waals surface area contributed by atoms with Gasteiger partial charge in [0, 0.05) is 12.6 Å². The Kier molecular flexibility index (Phi) is 7.29. The molecule has 0 spiro atoms. The fraction of sp³-hybridized carbons (Fsp3) is 0.280. The minimum atomic E-state index is -4.41. The first kappa shape index (κ1) is 22.1. The van der Waals surface area contributed by atoms with E-state index in [0.29, 0.717) is 0 Å². The van der Waals surface area contributed by atoms with E-state index in [-0.39, 0.29) is 18.2 Å². The molecule has 30 heavy (non-hydrogen) atoms. The maximum Gasteiger partial charge on any atom is 0.416 e. The average molecular weight is 413 g/mol. The number of aliphatic hydroxyl groups excluding tert-OH is 1. The molecule has 2 N–H and O–H groups in total. The standard InChI is InChI=1S/C25H26F3NO/c1-18(29-17-24(30)22-8-5-9-23(16-22)25(26,27)28)14-20-10-12-21(13-11-20)15-19-6-3-2-4-7-19/h2-13,16,18,24,29-30H,14-15,17H2,1H3/t18-,24+/m1/s1. The van der Waals surface area contributed by atoms with Crippen LogP contribution < -0.4 is 5.32 Å². The first-order valence-corrected chi connectivity index (χ1v) is 10.0. The molecule has 0 bridgehead atoms. The van der Waals surface area contributed by atoms with Crippen LogP contribution in [0.5, 0.6) is 0 Å². The molecule has 3 aromatic carbocycles. The molecule has 0 aliphatic carbocycles. The van der Waals surface area contributed by atoms with Gasteiger partial charge in [0.05, 0.1) is 11.7 Å². The second-order valence-electron chi connectivity index (χ2n) is 7.63. The minimum Gasteiger partial charge on any atom is -0.387 e. The zero-order valence-electron chi connectivity index (χ0n) is 16.9. The third-order valence-corrected chi connectivity index (χ3v) is 5.07. The van der Waals surface area contributed by atoms with Gasteiger partial charge in [0.15, 0.2) is 0 Å². The van der Waals surface area contributed by atoms with Gasteiger partial charge in [-0.1, -0.05) is 66.7 Å². The summed E-state index contributed by atoms with van der Waals surface area (Å²) in [6, 6.07) is 23.6. The number of hydrogen-bond acceptors (Lipinski definition) is 2. The Bertz CT molecular complexity index is 923. The second kappa shape index (κ2) is 9.92. The highest BCUT2D eigenvalue weighted by Gasteiger charge is 2.30. The van der Waals surface area contributed by atoms with Crippen molar-refractivity contribution in [3.63, 3.8) is 0 Å². The Balaban J connectivity index is 1.50. The molecule has 0 fully saturated rings. The highest BCUT2D eigenvalue weighted by atomic mass is 19.4. The van der Waals surface area contributed by atoms with Crippen LogP contribution in [-0.2, 0) is 19.0 Å². The van der Waals surface area contributed by atoms with E-state index in [1.807, 2.05) is 25.1 Å². The van der Waals surface area contributed by atoms with Crippen molar-refractivity contribution in [3.05, 3.63) is 107 Å². The van der Waals surface area contributed by atoms with Gasteiger partial charge in [-0.15, -0.1) is 0 Å². The number of nitrogens with one attached hydrogen (secondary N) is 1. The first-order valence-electron chi connectivity index (χ1n) is 10.0. The predicted molar refractivity (Wildman–Crippen MR) is 113 cm³/mol. The van der Waals surface area contributed by atoms with Crippen molar-refractivity contribution >= 4 is 0 Å². The Hall–Kier alpha value is -2.63. The van der Waals surface area contributed by atoms with E-state index < -0.39 is 17.8 Å². The summed E-state index contributed by atoms with van der Waals surface area (Å²) in [5, 5.41) is 13.5. The number of aliphatic hydroxyl groups is 1. The maximum absolute atomic E-state index is 12.8. The van der Waals surface area contributed by atoms with Crippen molar-refractivity contribution in [1.82, 2.24) is 5.32 Å². The number of rotatable bonds is 8. The third-order valence-electron chi connectivity index (χ3n) is 5.07. The largest absolute Gasteiger partial charge is 0.416 e. The van der Waals surface area contributed by atoms with Crippen LogP contribution in [0.3, 0.4) is 0 Å². The van der Waals surface area contributed by atoms with E-state index in [1.54, 1.807) is 0 Å². The Morgan fingerprint density at radius 1 is 0.833 bits per heavy atom. The number of halogens is 3. The fourth-order valence-electron chi connectivity index (χ4n) is 3.40. The molecule has 0 aliphatic heterocycles. The molecule has 0 saturated heterocycles. The van der Waals surface area contributed by atoms with Crippen LogP contribution in [-0.4, -0.2) is 17.7 Å². The molecule has 3 rings (SSSR count). The summed E-state index contributed by atoms with van der Waals surface area (Å²) in [5.74, 6) is 0. The molecule has 5 heteroatoms. The van der Waals surface area contributed by atoms with Gasteiger partial charge in [0.2, 0.25) is 0 Å². The van der Waals surface area contributed by atoms with Crippen molar-refractivity contribution in [2.45, 2.75) is 38.1 Å². The van der Waals surface area contributed by atoms with Gasteiger partial charge in [0.25, 0.3) is 0 Å². The van der Waals surface area contributed by atoms with Crippen LogP contribution in [0.1, 0.15) is 40.8 Å². The fourth-order valence-corrected chi connectivity index (χ4v) is 3.40. The molecule has 0 amide bonds. The van der Waals surface area contributed by atoms with Crippen molar-refractivity contribution in [3.8, 4) is 0 Å². The van der Waals surface area contributed by atoms with Crippen LogP contribution in [0.25, 0.3) is 0 Å². The van der Waals surface area contributed by atoms with Gasteiger partial charge < -0.3 is 10.4 Å². The van der Waals surface area contributed by atoms with Crippen LogP contribution >= 0.6 is 0 Å². The molecule has 2 nitrogen and oxygen atoms in total. The normalized spacial score (nSPS) is 13.8. The van der Waals surface area contributed by atoms with E-state index in [4.69, 9.17) is 0 Å². The summed E-state index contributed by atoms with van der Waals surface area (Å²) >= 11 is 0. The zero-order valence-corrected chi connectivity index (χ0v) is 16.9. The van der Waals surface area contributed by atoms with Crippen LogP contribution in [0, 0.1) is 0 Å². The number of alkyl halides is 3. The zero-order chi connectivity index (χ0) is 21.6. The smallest absolute Gasteiger partial charge is 0.387 e. The van der Waals surface area contributed by atoms with Gasteiger partial charge in [-0.3, -0.25) is 0 Å². The summed E-state index contributed by atoms with van der Waals surface area (Å²) in [7, 11) is 0. The lowest BCUT2D eigenvalue weighted by Crippen LogP contribution is -2.32. The number of benzene rings is 3. The minimum absolute atomic E-state index is 0.0745. The molecule has 0 unspecified atom stereocenters. The van der Waals surface area contributed by atoms with Crippen LogP contribution in [0.2, 0.25) is 0 Å². The lowest BCUT2D eigenvalue weighted by atomic mass is 10.0. The van der Waals surface area contributed by atoms with Crippen molar-refractivity contribution in [1.29, 1.82) is 0 Å². The van der Waals surface area contributed by atoms with Gasteiger partial charge in [-0.25, -0.2) is 0 Å². The topological polar surface area (TPSA) is 32.3 Å². The lowest BCUT2D eigenvalue weighted by molar-refractivity contribution is -0.137. The van der Waals surface area contributed by atoms with E-state index >= 15 is 0 Å². The van der Waals surface area contributed by atoms with E-state index in [9.17, 15) is 18.3 Å². The van der Waals surface area contributed by atoms with E-state index in [0.717, 1.165) is 25.0 Å². The van der Waals surface area contributed by atoms with Crippen molar-refractivity contribution in [2.24, 2.45) is 0 Å². The highest BCUT2D eigenvalue weighted by Crippen LogP contribution is 2.30. The van der Waals surface area contributed by atoms with E-state index in [1.165, 1.54) is 28.8 Å². The van der Waals surface area contributed by atoms with Crippen LogP contribution in [0.4, 0.5) is 13.2 Å². The Labute approximate surface area is 175 Å². The molecular formula is C25H26F3NO. The molecule has 158 valence electrons. The molecule has 2 atom stereocenters. The summed E-state index contributed by atoms with van der Waals surface area (Å²) in [6.07, 6.45) is -3.76. The van der Waals surface area contributed by atoms with Gasteiger partial charge >= 0.3 is 6.18 Å². The quantitative estimate of drug-likeness (QED) is 0.507. The van der Waals surface area contributed by atoms with Gasteiger partial charge in [-0.05, 0) is 54.2 Å². The van der Waals surface area contributed by atoms with Crippen molar-refractivity contribution < 1.29 is 18.3 Å². The molecular weight excluding hydrogens is 387 g/mol. The predicted octanol–water partition coefficient (Wildman–Crippen LogP) is 5.55. The van der Waals surface area contributed by atoms with Crippen molar-refractivity contribution in [2.75, 3.05) is 6.54 Å². The molecule has 0 aromatic heterocycles. The first-order chi connectivity index (χ1) is 14.3. The Morgan fingerprint density at radius 2 is 1.47 bits per heavy atom. The SMILES string of the molecule is C[C@H](Cc1ccc(Cc2ccccc2)cc1)NC[C@H](O)c1cccc(C(F)(F)F)c1. The molecule has 0 radical (unpaired) electrons. The molecule has 0 saturated carbocycles. The maximum atomic E-state index is 12.8. The number of hydrogen-bond donors (Lipinski definition) is 2. The highest BCUT2D eigenvalue weighted by molar-refractivity contribution is 5.29. The molecule has 0 aliphatic rings. The summed E-state index contributed by atoms with van der Waals surface area (Å²) < 4.78 is 38.5. The van der Waals surface area contributed by atoms with Gasteiger partial charge in [0.1, 0.15) is 0 Å². The van der Waals surface area contributed by atoms with Gasteiger partial charge in [-0.2, -0.15) is 13.2 Å². The summed E-state index contributed by atoms with van der Waals surface area (Å²) in [6.45, 7) is 2.19. The molecule has 3 aromatic rings. The lowest BCUT2D eigenvalue weighted by Gasteiger charge is -2.18. The summed E-state index contributed by atoms with van der Waals surface area (Å²) in [4.78, 5) is 0. The van der Waals surface area contributed by atoms with E-state index in [2.05, 4.69) is 41.7 Å².